The zero-order valence-electron chi connectivity index (χ0n) is 9.04. The lowest BCUT2D eigenvalue weighted by molar-refractivity contribution is -0.132. The van der Waals surface area contributed by atoms with Gasteiger partial charge in [-0.3, -0.25) is 9.59 Å². The average Bonchev–Trinajstić information content (AvgIpc) is 2.15. The van der Waals surface area contributed by atoms with Crippen molar-refractivity contribution in [3.05, 3.63) is 0 Å². The van der Waals surface area contributed by atoms with Crippen molar-refractivity contribution >= 4 is 11.8 Å². The fourth-order valence-corrected chi connectivity index (χ4v) is 1.01. The van der Waals surface area contributed by atoms with Gasteiger partial charge in [-0.25, -0.2) is 0 Å². The van der Waals surface area contributed by atoms with E-state index in [0.717, 1.165) is 0 Å². The normalized spacial score (nSPS) is 12.0. The van der Waals surface area contributed by atoms with Crippen LogP contribution >= 0.6 is 0 Å². The summed E-state index contributed by atoms with van der Waals surface area (Å²) in [6, 6.07) is -0.570. The van der Waals surface area contributed by atoms with Crippen molar-refractivity contribution in [2.75, 3.05) is 19.6 Å². The molecule has 0 saturated carbocycles. The Kier molecular flexibility index (Phi) is 5.87. The molecular formula is C9H19N3O2. The quantitative estimate of drug-likeness (QED) is 0.618. The van der Waals surface area contributed by atoms with Gasteiger partial charge in [-0.05, 0) is 20.8 Å². The van der Waals surface area contributed by atoms with E-state index in [-0.39, 0.29) is 18.4 Å². The highest BCUT2D eigenvalue weighted by Crippen LogP contribution is 1.87. The monoisotopic (exact) mass is 201 g/mol. The molecule has 0 aliphatic rings. The zero-order valence-corrected chi connectivity index (χ0v) is 9.04. The highest BCUT2D eigenvalue weighted by Gasteiger charge is 2.12. The minimum atomic E-state index is -0.570. The van der Waals surface area contributed by atoms with Crippen molar-refractivity contribution in [3.63, 3.8) is 0 Å². The molecule has 0 fully saturated rings. The summed E-state index contributed by atoms with van der Waals surface area (Å²) >= 11 is 0. The molecular weight excluding hydrogens is 182 g/mol. The highest BCUT2D eigenvalue weighted by molar-refractivity contribution is 5.87. The predicted octanol–water partition coefficient (Wildman–Crippen LogP) is -0.682. The number of carbonyl (C=O) groups is 2. The number of carbonyl (C=O) groups excluding carboxylic acids is 2. The Bertz CT molecular complexity index is 200. The van der Waals surface area contributed by atoms with E-state index in [4.69, 9.17) is 5.73 Å². The first-order chi connectivity index (χ1) is 6.52. The van der Waals surface area contributed by atoms with Crippen molar-refractivity contribution in [2.24, 2.45) is 5.73 Å². The second-order valence-electron chi connectivity index (χ2n) is 3.07. The number of nitrogens with one attached hydrogen (secondary N) is 1. The fourth-order valence-electron chi connectivity index (χ4n) is 1.01. The van der Waals surface area contributed by atoms with Gasteiger partial charge < -0.3 is 16.0 Å². The van der Waals surface area contributed by atoms with E-state index in [1.165, 1.54) is 0 Å². The van der Waals surface area contributed by atoms with Gasteiger partial charge in [0.05, 0.1) is 12.6 Å². The number of rotatable bonds is 5. The van der Waals surface area contributed by atoms with Crippen molar-refractivity contribution < 1.29 is 9.59 Å². The van der Waals surface area contributed by atoms with Crippen LogP contribution in [0.4, 0.5) is 0 Å². The van der Waals surface area contributed by atoms with Crippen molar-refractivity contribution in [1.82, 2.24) is 10.2 Å². The number of hydrogen-bond donors (Lipinski definition) is 2. The van der Waals surface area contributed by atoms with Gasteiger partial charge in [0.25, 0.3) is 0 Å². The maximum atomic E-state index is 11.4. The van der Waals surface area contributed by atoms with E-state index >= 15 is 0 Å². The van der Waals surface area contributed by atoms with Crippen molar-refractivity contribution in [1.29, 1.82) is 0 Å². The molecule has 0 aliphatic carbocycles. The molecule has 2 amide bonds. The minimum absolute atomic E-state index is 0.0298. The number of nitrogens with zero attached hydrogens (tertiary/aromatic N) is 1. The molecule has 0 aromatic heterocycles. The fraction of sp³-hybridized carbons (Fsp3) is 0.778. The topological polar surface area (TPSA) is 75.4 Å². The predicted molar refractivity (Wildman–Crippen MR) is 54.6 cm³/mol. The summed E-state index contributed by atoms with van der Waals surface area (Å²) < 4.78 is 0. The summed E-state index contributed by atoms with van der Waals surface area (Å²) in [5.41, 5.74) is 5.33. The van der Waals surface area contributed by atoms with Crippen LogP contribution in [0.3, 0.4) is 0 Å². The minimum Gasteiger partial charge on any atom is -0.346 e. The summed E-state index contributed by atoms with van der Waals surface area (Å²) in [4.78, 5) is 24.1. The van der Waals surface area contributed by atoms with E-state index in [1.54, 1.807) is 11.8 Å². The van der Waals surface area contributed by atoms with E-state index in [9.17, 15) is 9.59 Å². The summed E-state index contributed by atoms with van der Waals surface area (Å²) in [6.45, 7) is 6.72. The molecule has 0 bridgehead atoms. The molecule has 0 heterocycles. The SMILES string of the molecule is CCN(CC)C(=O)CNC(=O)[C@H](C)N. The second kappa shape index (κ2) is 6.37. The Morgan fingerprint density at radius 3 is 2.21 bits per heavy atom. The van der Waals surface area contributed by atoms with Crippen LogP contribution in [0.1, 0.15) is 20.8 Å². The molecule has 0 unspecified atom stereocenters. The van der Waals surface area contributed by atoms with Gasteiger partial charge in [-0.1, -0.05) is 0 Å². The number of nitrogens with two attached hydrogens (primary N) is 1. The Labute approximate surface area is 84.6 Å². The van der Waals surface area contributed by atoms with Crippen LogP contribution < -0.4 is 11.1 Å². The molecule has 14 heavy (non-hydrogen) atoms. The molecule has 82 valence electrons. The summed E-state index contributed by atoms with van der Waals surface area (Å²) in [5.74, 6) is -0.380. The van der Waals surface area contributed by atoms with Gasteiger partial charge in [0.2, 0.25) is 11.8 Å². The smallest absolute Gasteiger partial charge is 0.241 e. The van der Waals surface area contributed by atoms with Gasteiger partial charge in [0.15, 0.2) is 0 Å². The third-order valence-electron chi connectivity index (χ3n) is 1.94. The van der Waals surface area contributed by atoms with E-state index in [1.807, 2.05) is 13.8 Å². The van der Waals surface area contributed by atoms with Gasteiger partial charge in [0, 0.05) is 13.1 Å². The van der Waals surface area contributed by atoms with Gasteiger partial charge in [0.1, 0.15) is 0 Å². The van der Waals surface area contributed by atoms with Crippen LogP contribution in [0.25, 0.3) is 0 Å². The third-order valence-corrected chi connectivity index (χ3v) is 1.94. The maximum Gasteiger partial charge on any atom is 0.241 e. The van der Waals surface area contributed by atoms with Gasteiger partial charge >= 0.3 is 0 Å². The van der Waals surface area contributed by atoms with Crippen molar-refractivity contribution in [3.8, 4) is 0 Å². The van der Waals surface area contributed by atoms with Gasteiger partial charge in [-0.2, -0.15) is 0 Å². The second-order valence-corrected chi connectivity index (χ2v) is 3.07. The lowest BCUT2D eigenvalue weighted by atomic mass is 10.3. The molecule has 0 aromatic rings. The first-order valence-corrected chi connectivity index (χ1v) is 4.83. The lowest BCUT2D eigenvalue weighted by Gasteiger charge is -2.19. The number of hydrogen-bond acceptors (Lipinski definition) is 3. The van der Waals surface area contributed by atoms with E-state index < -0.39 is 6.04 Å². The molecule has 0 saturated heterocycles. The Morgan fingerprint density at radius 1 is 1.36 bits per heavy atom. The molecule has 3 N–H and O–H groups in total. The first kappa shape index (κ1) is 12.9. The molecule has 5 nitrogen and oxygen atoms in total. The summed E-state index contributed by atoms with van der Waals surface area (Å²) in [6.07, 6.45) is 0. The first-order valence-electron chi connectivity index (χ1n) is 4.83. The highest BCUT2D eigenvalue weighted by atomic mass is 16.2. The van der Waals surface area contributed by atoms with Crippen LogP contribution in [0.2, 0.25) is 0 Å². The Hall–Kier alpha value is -1.10. The summed E-state index contributed by atoms with van der Waals surface area (Å²) in [5, 5.41) is 2.48. The molecule has 0 aliphatic heterocycles. The van der Waals surface area contributed by atoms with Crippen LogP contribution in [-0.4, -0.2) is 42.4 Å². The molecule has 1 atom stereocenters. The number of amides is 2. The summed E-state index contributed by atoms with van der Waals surface area (Å²) in [7, 11) is 0. The van der Waals surface area contributed by atoms with Crippen LogP contribution in [0.5, 0.6) is 0 Å². The zero-order chi connectivity index (χ0) is 11.1. The van der Waals surface area contributed by atoms with Crippen molar-refractivity contribution in [2.45, 2.75) is 26.8 Å². The third kappa shape index (κ3) is 4.23. The largest absolute Gasteiger partial charge is 0.346 e. The van der Waals surface area contributed by atoms with Gasteiger partial charge in [-0.15, -0.1) is 0 Å². The standard InChI is InChI=1S/C9H19N3O2/c1-4-12(5-2)8(13)6-11-9(14)7(3)10/h7H,4-6,10H2,1-3H3,(H,11,14)/t7-/m0/s1. The lowest BCUT2D eigenvalue weighted by Crippen LogP contribution is -2.44. The Morgan fingerprint density at radius 2 is 1.86 bits per heavy atom. The molecule has 0 spiro atoms. The van der Waals surface area contributed by atoms with Crippen LogP contribution in [0.15, 0.2) is 0 Å². The van der Waals surface area contributed by atoms with Crippen LogP contribution in [-0.2, 0) is 9.59 Å². The molecule has 0 aromatic carbocycles. The maximum absolute atomic E-state index is 11.4. The molecule has 5 heteroatoms. The Balaban J connectivity index is 3.89. The van der Waals surface area contributed by atoms with E-state index in [0.29, 0.717) is 13.1 Å². The van der Waals surface area contributed by atoms with Crippen LogP contribution in [0, 0.1) is 0 Å². The molecule has 0 radical (unpaired) electrons. The molecule has 0 rings (SSSR count). The van der Waals surface area contributed by atoms with E-state index in [2.05, 4.69) is 5.32 Å². The number of likely N-dealkylation sites (N-methyl/N-ethyl adjacent to an activating group) is 1. The average molecular weight is 201 g/mol.